The lowest BCUT2D eigenvalue weighted by Crippen LogP contribution is -2.14. The highest BCUT2D eigenvalue weighted by molar-refractivity contribution is 7.16. The van der Waals surface area contributed by atoms with E-state index < -0.39 is 5.91 Å². The smallest absolute Gasteiger partial charge is 0.285 e. The van der Waals surface area contributed by atoms with Crippen molar-refractivity contribution in [2.75, 3.05) is 14.2 Å². The lowest BCUT2D eigenvalue weighted by molar-refractivity contribution is 0.0997. The van der Waals surface area contributed by atoms with E-state index in [0.717, 1.165) is 10.2 Å². The first-order chi connectivity index (χ1) is 14.4. The van der Waals surface area contributed by atoms with E-state index in [4.69, 9.17) is 25.6 Å². The molecule has 2 aromatic heterocycles. The number of fused-ring (bicyclic) bond motifs is 1. The molecular weight excluding hydrogens is 426 g/mol. The lowest BCUT2D eigenvalue weighted by Gasteiger charge is -2.07. The highest BCUT2D eigenvalue weighted by atomic mass is 35.5. The molecule has 0 fully saturated rings. The molecule has 0 unspecified atom stereocenters. The van der Waals surface area contributed by atoms with E-state index in [0.29, 0.717) is 38.3 Å². The molecule has 0 N–H and O–H groups in total. The predicted octanol–water partition coefficient (Wildman–Crippen LogP) is 4.61. The van der Waals surface area contributed by atoms with Crippen LogP contribution in [0.25, 0.3) is 21.5 Å². The summed E-state index contributed by atoms with van der Waals surface area (Å²) in [5, 5.41) is 4.52. The zero-order valence-electron chi connectivity index (χ0n) is 16.7. The molecule has 0 radical (unpaired) electrons. The minimum Gasteiger partial charge on any atom is -0.493 e. The molecule has 0 atom stereocenters. The Bertz CT molecular complexity index is 1340. The fourth-order valence-electron chi connectivity index (χ4n) is 3.17. The first kappa shape index (κ1) is 20.2. The molecule has 0 bridgehead atoms. The van der Waals surface area contributed by atoms with Crippen molar-refractivity contribution in [3.63, 3.8) is 0 Å². The third kappa shape index (κ3) is 3.38. The van der Waals surface area contributed by atoms with Gasteiger partial charge >= 0.3 is 0 Å². The van der Waals surface area contributed by atoms with Crippen LogP contribution in [-0.2, 0) is 7.05 Å². The second-order valence-electron chi connectivity index (χ2n) is 6.48. The molecule has 2 heterocycles. The van der Waals surface area contributed by atoms with Gasteiger partial charge in [0.05, 0.1) is 29.5 Å². The van der Waals surface area contributed by atoms with E-state index in [2.05, 4.69) is 10.1 Å². The fraction of sp³-hybridized carbons (Fsp3) is 0.190. The van der Waals surface area contributed by atoms with Gasteiger partial charge in [-0.3, -0.25) is 4.79 Å². The number of aryl methyl sites for hydroxylation is 2. The van der Waals surface area contributed by atoms with Crippen LogP contribution in [0.2, 0.25) is 5.02 Å². The van der Waals surface area contributed by atoms with Gasteiger partial charge in [-0.1, -0.05) is 46.3 Å². The van der Waals surface area contributed by atoms with Crippen LogP contribution in [0.1, 0.15) is 16.1 Å². The highest BCUT2D eigenvalue weighted by Gasteiger charge is 2.23. The van der Waals surface area contributed by atoms with E-state index in [1.807, 2.05) is 35.9 Å². The number of rotatable bonds is 4. The Balaban J connectivity index is 1.85. The predicted molar refractivity (Wildman–Crippen MR) is 115 cm³/mol. The molecule has 30 heavy (non-hydrogen) atoms. The van der Waals surface area contributed by atoms with Crippen LogP contribution in [0, 0.1) is 6.92 Å². The first-order valence-corrected chi connectivity index (χ1v) is 10.2. The van der Waals surface area contributed by atoms with Crippen molar-refractivity contribution >= 4 is 39.1 Å². The largest absolute Gasteiger partial charge is 0.493 e. The van der Waals surface area contributed by atoms with Gasteiger partial charge < -0.3 is 18.6 Å². The van der Waals surface area contributed by atoms with Crippen molar-refractivity contribution in [2.45, 2.75) is 6.92 Å². The summed E-state index contributed by atoms with van der Waals surface area (Å²) >= 11 is 7.66. The third-order valence-corrected chi connectivity index (χ3v) is 6.14. The molecule has 2 aromatic carbocycles. The number of thiazole rings is 1. The van der Waals surface area contributed by atoms with Crippen molar-refractivity contribution in [3.8, 4) is 22.8 Å². The monoisotopic (exact) mass is 443 g/mol. The number of hydrogen-bond acceptors (Lipinski definition) is 6. The van der Waals surface area contributed by atoms with Gasteiger partial charge in [0.25, 0.3) is 5.91 Å². The van der Waals surface area contributed by atoms with Crippen LogP contribution < -0.4 is 14.3 Å². The summed E-state index contributed by atoms with van der Waals surface area (Å²) < 4.78 is 18.8. The molecule has 154 valence electrons. The molecule has 0 aliphatic carbocycles. The number of amides is 1. The Labute approximate surface area is 181 Å². The molecular formula is C21H18ClN3O4S. The van der Waals surface area contributed by atoms with Crippen molar-refractivity contribution in [2.24, 2.45) is 12.0 Å². The van der Waals surface area contributed by atoms with Crippen molar-refractivity contribution in [1.29, 1.82) is 0 Å². The molecule has 0 saturated carbocycles. The van der Waals surface area contributed by atoms with E-state index in [9.17, 15) is 4.79 Å². The summed E-state index contributed by atoms with van der Waals surface area (Å²) in [6, 6.07) is 10.9. The number of carbonyl (C=O) groups is 1. The minimum absolute atomic E-state index is 0.288. The number of aromatic nitrogens is 2. The lowest BCUT2D eigenvalue weighted by atomic mass is 10.1. The number of ether oxygens (including phenoxy) is 2. The minimum atomic E-state index is -0.454. The molecule has 4 aromatic rings. The Kier molecular flexibility index (Phi) is 5.36. The maximum atomic E-state index is 13.1. The summed E-state index contributed by atoms with van der Waals surface area (Å²) in [6.45, 7) is 1.68. The summed E-state index contributed by atoms with van der Waals surface area (Å²) in [5.41, 5.74) is 2.15. The molecule has 0 spiro atoms. The highest BCUT2D eigenvalue weighted by Crippen LogP contribution is 2.34. The number of nitrogens with zero attached hydrogens (tertiary/aromatic N) is 3. The van der Waals surface area contributed by atoms with Crippen LogP contribution in [-0.4, -0.2) is 29.9 Å². The van der Waals surface area contributed by atoms with Crippen LogP contribution in [0.5, 0.6) is 11.5 Å². The van der Waals surface area contributed by atoms with Gasteiger partial charge in [0.2, 0.25) is 0 Å². The van der Waals surface area contributed by atoms with Gasteiger partial charge in [-0.25, -0.2) is 0 Å². The van der Waals surface area contributed by atoms with E-state index >= 15 is 0 Å². The quantitative estimate of drug-likeness (QED) is 0.460. The zero-order valence-corrected chi connectivity index (χ0v) is 18.3. The first-order valence-electron chi connectivity index (χ1n) is 8.96. The number of benzene rings is 2. The Morgan fingerprint density at radius 3 is 2.60 bits per heavy atom. The fourth-order valence-corrected chi connectivity index (χ4v) is 4.42. The van der Waals surface area contributed by atoms with Gasteiger partial charge in [0.15, 0.2) is 16.3 Å². The number of methoxy groups -OCH3 is 2. The second kappa shape index (κ2) is 7.97. The van der Waals surface area contributed by atoms with Crippen LogP contribution >= 0.6 is 22.9 Å². The van der Waals surface area contributed by atoms with Gasteiger partial charge in [-0.2, -0.15) is 4.99 Å². The van der Waals surface area contributed by atoms with Gasteiger partial charge in [-0.05, 0) is 13.0 Å². The molecule has 9 heteroatoms. The summed E-state index contributed by atoms with van der Waals surface area (Å²) in [5.74, 6) is 1.14. The molecule has 7 nitrogen and oxygen atoms in total. The summed E-state index contributed by atoms with van der Waals surface area (Å²) in [6.07, 6.45) is 0. The second-order valence-corrected chi connectivity index (χ2v) is 7.89. The zero-order chi connectivity index (χ0) is 21.4. The van der Waals surface area contributed by atoms with Crippen LogP contribution in [0.15, 0.2) is 45.9 Å². The Morgan fingerprint density at radius 2 is 1.90 bits per heavy atom. The number of hydrogen-bond donors (Lipinski definition) is 0. The average Bonchev–Trinajstić information content (AvgIpc) is 3.27. The molecule has 0 aliphatic heterocycles. The summed E-state index contributed by atoms with van der Waals surface area (Å²) in [7, 11) is 5.00. The molecule has 0 aliphatic rings. The molecule has 4 rings (SSSR count). The van der Waals surface area contributed by atoms with Crippen molar-refractivity contribution in [1.82, 2.24) is 9.72 Å². The van der Waals surface area contributed by atoms with Gasteiger partial charge in [-0.15, -0.1) is 0 Å². The Hall–Kier alpha value is -3.10. The van der Waals surface area contributed by atoms with Gasteiger partial charge in [0.1, 0.15) is 17.0 Å². The third-order valence-electron chi connectivity index (χ3n) is 4.72. The number of carbonyl (C=O) groups excluding carboxylic acids is 1. The maximum Gasteiger partial charge on any atom is 0.285 e. The summed E-state index contributed by atoms with van der Waals surface area (Å²) in [4.78, 5) is 18.0. The number of halogens is 1. The van der Waals surface area contributed by atoms with E-state index in [1.54, 1.807) is 33.3 Å². The van der Waals surface area contributed by atoms with E-state index in [-0.39, 0.29) is 5.56 Å². The van der Waals surface area contributed by atoms with E-state index in [1.165, 1.54) is 11.3 Å². The maximum absolute atomic E-state index is 13.1. The Morgan fingerprint density at radius 1 is 1.20 bits per heavy atom. The van der Waals surface area contributed by atoms with Crippen molar-refractivity contribution in [3.05, 3.63) is 57.5 Å². The SMILES string of the molecule is COc1cc2sc(=NC(=O)c3c(-c4ccccc4Cl)noc3C)n(C)c2cc1OC. The molecule has 1 amide bonds. The topological polar surface area (TPSA) is 78.9 Å². The average molecular weight is 444 g/mol. The normalized spacial score (nSPS) is 11.8. The molecule has 0 saturated heterocycles. The standard InChI is InChI=1S/C21H18ClN3O4S/c1-11-18(19(24-29-11)12-7-5-6-8-13(12)22)20(26)23-21-25(2)14-9-15(27-3)16(28-4)10-17(14)30-21/h5-10H,1-4H3. The van der Waals surface area contributed by atoms with Crippen molar-refractivity contribution < 1.29 is 18.8 Å². The van der Waals surface area contributed by atoms with Crippen LogP contribution in [0.3, 0.4) is 0 Å². The van der Waals surface area contributed by atoms with Gasteiger partial charge in [0, 0.05) is 24.7 Å². The van der Waals surface area contributed by atoms with Crippen LogP contribution in [0.4, 0.5) is 0 Å².